The van der Waals surface area contributed by atoms with Crippen LogP contribution in [0.25, 0.3) is 0 Å². The van der Waals surface area contributed by atoms with Crippen LogP contribution in [0.2, 0.25) is 0 Å². The van der Waals surface area contributed by atoms with Gasteiger partial charge < -0.3 is 10.6 Å². The minimum atomic E-state index is 0.707. The van der Waals surface area contributed by atoms with Crippen molar-refractivity contribution >= 4 is 0 Å². The summed E-state index contributed by atoms with van der Waals surface area (Å²) in [6.45, 7) is 3.56. The fourth-order valence-electron chi connectivity index (χ4n) is 3.46. The van der Waals surface area contributed by atoms with Gasteiger partial charge in [-0.1, -0.05) is 30.7 Å². The van der Waals surface area contributed by atoms with Crippen LogP contribution in [-0.2, 0) is 6.42 Å². The first kappa shape index (κ1) is 13.1. The highest BCUT2D eigenvalue weighted by molar-refractivity contribution is 5.26. The van der Waals surface area contributed by atoms with E-state index < -0.39 is 0 Å². The van der Waals surface area contributed by atoms with E-state index in [-0.39, 0.29) is 0 Å². The summed E-state index contributed by atoms with van der Waals surface area (Å²) in [5.41, 5.74) is 3.04. The molecule has 2 N–H and O–H groups in total. The Hall–Kier alpha value is -0.860. The first-order chi connectivity index (χ1) is 9.42. The van der Waals surface area contributed by atoms with Gasteiger partial charge in [0.05, 0.1) is 0 Å². The molecule has 3 rings (SSSR count). The van der Waals surface area contributed by atoms with Crippen LogP contribution in [0.15, 0.2) is 24.3 Å². The Morgan fingerprint density at radius 3 is 2.37 bits per heavy atom. The average molecular weight is 258 g/mol. The molecule has 0 spiro atoms. The SMILES string of the molecule is c1cc(C2CCNCC2)ccc1CC1CCCCN1. The maximum Gasteiger partial charge on any atom is 0.0107 e. The summed E-state index contributed by atoms with van der Waals surface area (Å²) in [4.78, 5) is 0. The van der Waals surface area contributed by atoms with Crippen LogP contribution in [0.3, 0.4) is 0 Å². The second-order valence-corrected chi connectivity index (χ2v) is 6.12. The number of hydrogen-bond acceptors (Lipinski definition) is 2. The standard InChI is InChI=1S/C17H26N2/c1-2-10-19-17(3-1)13-14-4-6-15(7-5-14)16-8-11-18-12-9-16/h4-7,16-19H,1-3,8-13H2. The van der Waals surface area contributed by atoms with Crippen molar-refractivity contribution < 1.29 is 0 Å². The summed E-state index contributed by atoms with van der Waals surface area (Å²) in [6.07, 6.45) is 7.88. The minimum Gasteiger partial charge on any atom is -0.317 e. The van der Waals surface area contributed by atoms with Crippen LogP contribution in [0.1, 0.15) is 49.1 Å². The number of hydrogen-bond donors (Lipinski definition) is 2. The highest BCUT2D eigenvalue weighted by Gasteiger charge is 2.16. The molecule has 2 fully saturated rings. The third kappa shape index (κ3) is 3.58. The molecule has 1 aromatic rings. The van der Waals surface area contributed by atoms with Gasteiger partial charge in [0.1, 0.15) is 0 Å². The van der Waals surface area contributed by atoms with Gasteiger partial charge in [-0.3, -0.25) is 0 Å². The molecular weight excluding hydrogens is 232 g/mol. The zero-order chi connectivity index (χ0) is 12.9. The molecular formula is C17H26N2. The zero-order valence-corrected chi connectivity index (χ0v) is 11.8. The second kappa shape index (κ2) is 6.53. The number of piperidine rings is 2. The molecule has 2 heteroatoms. The van der Waals surface area contributed by atoms with E-state index in [1.165, 1.54) is 63.7 Å². The molecule has 2 heterocycles. The van der Waals surface area contributed by atoms with E-state index in [2.05, 4.69) is 34.9 Å². The van der Waals surface area contributed by atoms with E-state index in [0.29, 0.717) is 6.04 Å². The molecule has 1 unspecified atom stereocenters. The molecule has 0 radical (unpaired) electrons. The van der Waals surface area contributed by atoms with Crippen molar-refractivity contribution in [3.05, 3.63) is 35.4 Å². The Kier molecular flexibility index (Phi) is 4.52. The Morgan fingerprint density at radius 2 is 1.68 bits per heavy atom. The van der Waals surface area contributed by atoms with E-state index in [4.69, 9.17) is 0 Å². The van der Waals surface area contributed by atoms with E-state index in [9.17, 15) is 0 Å². The molecule has 0 saturated carbocycles. The molecule has 2 aliphatic rings. The third-order valence-corrected chi connectivity index (χ3v) is 4.68. The Balaban J connectivity index is 1.58. The normalized spacial score (nSPS) is 25.4. The van der Waals surface area contributed by atoms with Crippen molar-refractivity contribution in [2.24, 2.45) is 0 Å². The van der Waals surface area contributed by atoms with Gasteiger partial charge in [-0.25, -0.2) is 0 Å². The molecule has 2 saturated heterocycles. The lowest BCUT2D eigenvalue weighted by atomic mass is 9.89. The molecule has 0 aliphatic carbocycles. The lowest BCUT2D eigenvalue weighted by Crippen LogP contribution is -2.35. The maximum atomic E-state index is 3.64. The van der Waals surface area contributed by atoms with Crippen LogP contribution < -0.4 is 10.6 Å². The summed E-state index contributed by atoms with van der Waals surface area (Å²) < 4.78 is 0. The third-order valence-electron chi connectivity index (χ3n) is 4.68. The predicted molar refractivity (Wildman–Crippen MR) is 80.6 cm³/mol. The topological polar surface area (TPSA) is 24.1 Å². The Bertz CT molecular complexity index is 373. The fourth-order valence-corrected chi connectivity index (χ4v) is 3.46. The van der Waals surface area contributed by atoms with Crippen molar-refractivity contribution in [1.82, 2.24) is 10.6 Å². The lowest BCUT2D eigenvalue weighted by Gasteiger charge is -2.25. The smallest absolute Gasteiger partial charge is 0.0107 e. The Morgan fingerprint density at radius 1 is 0.895 bits per heavy atom. The van der Waals surface area contributed by atoms with Gasteiger partial charge in [0.15, 0.2) is 0 Å². The van der Waals surface area contributed by atoms with Gasteiger partial charge in [-0.15, -0.1) is 0 Å². The van der Waals surface area contributed by atoms with Crippen LogP contribution in [-0.4, -0.2) is 25.7 Å². The van der Waals surface area contributed by atoms with Gasteiger partial charge in [0, 0.05) is 6.04 Å². The largest absolute Gasteiger partial charge is 0.317 e. The molecule has 2 aliphatic heterocycles. The van der Waals surface area contributed by atoms with Crippen molar-refractivity contribution in [3.8, 4) is 0 Å². The number of benzene rings is 1. The van der Waals surface area contributed by atoms with Crippen molar-refractivity contribution in [1.29, 1.82) is 0 Å². The maximum absolute atomic E-state index is 3.64. The average Bonchev–Trinajstić information content (AvgIpc) is 2.50. The van der Waals surface area contributed by atoms with Gasteiger partial charge in [0.25, 0.3) is 0 Å². The van der Waals surface area contributed by atoms with E-state index in [0.717, 1.165) is 5.92 Å². The highest BCUT2D eigenvalue weighted by atomic mass is 14.9. The quantitative estimate of drug-likeness (QED) is 0.871. The molecule has 104 valence electrons. The molecule has 1 aromatic carbocycles. The number of nitrogens with one attached hydrogen (secondary N) is 2. The highest BCUT2D eigenvalue weighted by Crippen LogP contribution is 2.25. The van der Waals surface area contributed by atoms with Gasteiger partial charge >= 0.3 is 0 Å². The minimum absolute atomic E-state index is 0.707. The summed E-state index contributed by atoms with van der Waals surface area (Å²) >= 11 is 0. The van der Waals surface area contributed by atoms with Crippen LogP contribution >= 0.6 is 0 Å². The van der Waals surface area contributed by atoms with E-state index in [1.807, 2.05) is 0 Å². The first-order valence-electron chi connectivity index (χ1n) is 7.95. The lowest BCUT2D eigenvalue weighted by molar-refractivity contribution is 0.399. The van der Waals surface area contributed by atoms with Crippen LogP contribution in [0, 0.1) is 0 Å². The summed E-state index contributed by atoms with van der Waals surface area (Å²) in [5, 5.41) is 7.08. The molecule has 0 amide bonds. The first-order valence-corrected chi connectivity index (χ1v) is 7.95. The van der Waals surface area contributed by atoms with E-state index >= 15 is 0 Å². The predicted octanol–water partition coefficient (Wildman–Crippen LogP) is 2.84. The van der Waals surface area contributed by atoms with Crippen molar-refractivity contribution in [2.45, 2.75) is 50.5 Å². The summed E-state index contributed by atoms with van der Waals surface area (Å²) in [6, 6.07) is 10.2. The van der Waals surface area contributed by atoms with Gasteiger partial charge in [0.2, 0.25) is 0 Å². The van der Waals surface area contributed by atoms with Crippen LogP contribution in [0.4, 0.5) is 0 Å². The monoisotopic (exact) mass is 258 g/mol. The number of rotatable bonds is 3. The second-order valence-electron chi connectivity index (χ2n) is 6.12. The molecule has 2 nitrogen and oxygen atoms in total. The zero-order valence-electron chi connectivity index (χ0n) is 11.8. The van der Waals surface area contributed by atoms with Gasteiger partial charge in [-0.05, 0) is 68.8 Å². The molecule has 19 heavy (non-hydrogen) atoms. The van der Waals surface area contributed by atoms with Crippen molar-refractivity contribution in [3.63, 3.8) is 0 Å². The Labute approximate surface area is 117 Å². The molecule has 0 bridgehead atoms. The molecule has 0 aromatic heterocycles. The van der Waals surface area contributed by atoms with Crippen molar-refractivity contribution in [2.75, 3.05) is 19.6 Å². The van der Waals surface area contributed by atoms with Crippen LogP contribution in [0.5, 0.6) is 0 Å². The molecule has 1 atom stereocenters. The van der Waals surface area contributed by atoms with E-state index in [1.54, 1.807) is 5.56 Å². The summed E-state index contributed by atoms with van der Waals surface area (Å²) in [7, 11) is 0. The summed E-state index contributed by atoms with van der Waals surface area (Å²) in [5.74, 6) is 0.781. The van der Waals surface area contributed by atoms with Gasteiger partial charge in [-0.2, -0.15) is 0 Å². The fraction of sp³-hybridized carbons (Fsp3) is 0.647.